The van der Waals surface area contributed by atoms with Crippen molar-refractivity contribution in [2.45, 2.75) is 33.2 Å². The van der Waals surface area contributed by atoms with Gasteiger partial charge in [0.25, 0.3) is 0 Å². The zero-order chi connectivity index (χ0) is 13.2. The van der Waals surface area contributed by atoms with Crippen LogP contribution in [0.15, 0.2) is 0 Å². The molecule has 108 valence electrons. The first kappa shape index (κ1) is 15.9. The lowest BCUT2D eigenvalue weighted by atomic mass is 10.2. The second kappa shape index (κ2) is 9.69. The summed E-state index contributed by atoms with van der Waals surface area (Å²) < 4.78 is 16.7. The van der Waals surface area contributed by atoms with Gasteiger partial charge in [0.1, 0.15) is 0 Å². The third-order valence-electron chi connectivity index (χ3n) is 3.06. The van der Waals surface area contributed by atoms with Crippen molar-refractivity contribution in [1.29, 1.82) is 0 Å². The van der Waals surface area contributed by atoms with Gasteiger partial charge in [-0.25, -0.2) is 0 Å². The van der Waals surface area contributed by atoms with E-state index in [2.05, 4.69) is 17.1 Å². The Balaban J connectivity index is 2.15. The Morgan fingerprint density at radius 2 is 2.00 bits per heavy atom. The molecule has 5 heteroatoms. The van der Waals surface area contributed by atoms with Gasteiger partial charge in [0.2, 0.25) is 0 Å². The molecule has 1 saturated heterocycles. The Bertz CT molecular complexity index is 199. The molecule has 1 aliphatic heterocycles. The average Bonchev–Trinajstić information content (AvgIpc) is 2.39. The molecule has 1 aliphatic rings. The van der Waals surface area contributed by atoms with Gasteiger partial charge in [0.05, 0.1) is 12.7 Å². The van der Waals surface area contributed by atoms with Crippen LogP contribution in [0.5, 0.6) is 0 Å². The van der Waals surface area contributed by atoms with E-state index in [0.717, 1.165) is 32.8 Å². The Hall–Kier alpha value is -0.200. The third-order valence-corrected chi connectivity index (χ3v) is 3.06. The minimum atomic E-state index is -0.147. The minimum absolute atomic E-state index is 0.147. The molecule has 0 spiro atoms. The van der Waals surface area contributed by atoms with Crippen molar-refractivity contribution in [3.63, 3.8) is 0 Å². The van der Waals surface area contributed by atoms with Gasteiger partial charge in [-0.05, 0) is 20.4 Å². The molecule has 1 atom stereocenters. The number of ether oxygens (including phenoxy) is 3. The van der Waals surface area contributed by atoms with Gasteiger partial charge in [-0.1, -0.05) is 6.92 Å². The minimum Gasteiger partial charge on any atom is -0.374 e. The lowest BCUT2D eigenvalue weighted by Crippen LogP contribution is -2.47. The van der Waals surface area contributed by atoms with Crippen molar-refractivity contribution in [2.75, 3.05) is 52.5 Å². The largest absolute Gasteiger partial charge is 0.374 e. The molecule has 0 aromatic heterocycles. The summed E-state index contributed by atoms with van der Waals surface area (Å²) in [6.45, 7) is 13.1. The van der Waals surface area contributed by atoms with Gasteiger partial charge in [-0.15, -0.1) is 0 Å². The number of hydrogen-bond acceptors (Lipinski definition) is 5. The van der Waals surface area contributed by atoms with Gasteiger partial charge in [-0.2, -0.15) is 0 Å². The maximum absolute atomic E-state index is 5.73. The molecule has 0 bridgehead atoms. The summed E-state index contributed by atoms with van der Waals surface area (Å²) in [6, 6.07) is 0. The Kier molecular flexibility index (Phi) is 8.54. The normalized spacial score (nSPS) is 21.7. The summed E-state index contributed by atoms with van der Waals surface area (Å²) in [5, 5.41) is 3.37. The van der Waals surface area contributed by atoms with Crippen LogP contribution >= 0.6 is 0 Å². The predicted octanol–water partition coefficient (Wildman–Crippen LogP) is 0.696. The first-order valence-corrected chi connectivity index (χ1v) is 7.07. The van der Waals surface area contributed by atoms with E-state index in [1.807, 2.05) is 13.8 Å². The smallest absolute Gasteiger partial charge is 0.169 e. The average molecular weight is 260 g/mol. The Labute approximate surface area is 111 Å². The van der Waals surface area contributed by atoms with E-state index >= 15 is 0 Å². The van der Waals surface area contributed by atoms with Crippen LogP contribution in [-0.4, -0.2) is 69.8 Å². The van der Waals surface area contributed by atoms with Crippen LogP contribution in [0.4, 0.5) is 0 Å². The molecule has 1 unspecified atom stereocenters. The standard InChI is InChI=1S/C13H28N2O3/c1-4-15-7-8-18-12(11-15)9-14-10-13(16-5-2)17-6-3/h12-14H,4-11H2,1-3H3. The number of hydrogen-bond donors (Lipinski definition) is 1. The highest BCUT2D eigenvalue weighted by Crippen LogP contribution is 2.03. The van der Waals surface area contributed by atoms with E-state index in [1.165, 1.54) is 0 Å². The van der Waals surface area contributed by atoms with E-state index in [9.17, 15) is 0 Å². The summed E-state index contributed by atoms with van der Waals surface area (Å²) in [7, 11) is 0. The fraction of sp³-hybridized carbons (Fsp3) is 1.00. The topological polar surface area (TPSA) is 43.0 Å². The summed E-state index contributed by atoms with van der Waals surface area (Å²) in [5.41, 5.74) is 0. The van der Waals surface area contributed by atoms with Crippen LogP contribution in [0.25, 0.3) is 0 Å². The van der Waals surface area contributed by atoms with E-state index in [1.54, 1.807) is 0 Å². The van der Waals surface area contributed by atoms with Crippen LogP contribution < -0.4 is 5.32 Å². The Morgan fingerprint density at radius 3 is 2.61 bits per heavy atom. The molecule has 0 saturated carbocycles. The molecule has 18 heavy (non-hydrogen) atoms. The molecule has 1 heterocycles. The fourth-order valence-corrected chi connectivity index (χ4v) is 2.09. The second-order valence-electron chi connectivity index (χ2n) is 4.38. The lowest BCUT2D eigenvalue weighted by Gasteiger charge is -2.32. The van der Waals surface area contributed by atoms with Crippen LogP contribution in [0.2, 0.25) is 0 Å². The van der Waals surface area contributed by atoms with E-state index < -0.39 is 0 Å². The van der Waals surface area contributed by atoms with Crippen molar-refractivity contribution in [3.8, 4) is 0 Å². The van der Waals surface area contributed by atoms with Crippen LogP contribution in [0.1, 0.15) is 20.8 Å². The van der Waals surface area contributed by atoms with Gasteiger partial charge >= 0.3 is 0 Å². The number of morpholine rings is 1. The first-order chi connectivity index (χ1) is 8.80. The predicted molar refractivity (Wildman–Crippen MR) is 71.8 cm³/mol. The number of nitrogens with zero attached hydrogens (tertiary/aromatic N) is 1. The highest BCUT2D eigenvalue weighted by Gasteiger charge is 2.19. The highest BCUT2D eigenvalue weighted by atomic mass is 16.7. The molecule has 0 aromatic rings. The van der Waals surface area contributed by atoms with Crippen LogP contribution in [0, 0.1) is 0 Å². The molecule has 1 rings (SSSR count). The summed E-state index contributed by atoms with van der Waals surface area (Å²) in [4.78, 5) is 2.42. The molecular formula is C13H28N2O3. The van der Waals surface area contributed by atoms with Crippen molar-refractivity contribution in [3.05, 3.63) is 0 Å². The number of likely N-dealkylation sites (N-methyl/N-ethyl adjacent to an activating group) is 1. The quantitative estimate of drug-likeness (QED) is 0.618. The van der Waals surface area contributed by atoms with Gasteiger partial charge in [-0.3, -0.25) is 4.90 Å². The number of rotatable bonds is 9. The first-order valence-electron chi connectivity index (χ1n) is 7.07. The van der Waals surface area contributed by atoms with Crippen molar-refractivity contribution < 1.29 is 14.2 Å². The third kappa shape index (κ3) is 6.11. The molecule has 5 nitrogen and oxygen atoms in total. The molecule has 1 fully saturated rings. The summed E-state index contributed by atoms with van der Waals surface area (Å²) in [5.74, 6) is 0. The Morgan fingerprint density at radius 1 is 1.28 bits per heavy atom. The lowest BCUT2D eigenvalue weighted by molar-refractivity contribution is -0.134. The molecule has 0 aliphatic carbocycles. The van der Waals surface area contributed by atoms with Crippen LogP contribution in [0.3, 0.4) is 0 Å². The molecule has 1 N–H and O–H groups in total. The zero-order valence-electron chi connectivity index (χ0n) is 12.0. The van der Waals surface area contributed by atoms with Crippen molar-refractivity contribution in [1.82, 2.24) is 10.2 Å². The van der Waals surface area contributed by atoms with Crippen molar-refractivity contribution in [2.24, 2.45) is 0 Å². The molecule has 0 radical (unpaired) electrons. The van der Waals surface area contributed by atoms with E-state index in [0.29, 0.717) is 19.8 Å². The summed E-state index contributed by atoms with van der Waals surface area (Å²) in [6.07, 6.45) is 0.133. The van der Waals surface area contributed by atoms with Gasteiger partial charge in [0.15, 0.2) is 6.29 Å². The fourth-order valence-electron chi connectivity index (χ4n) is 2.09. The maximum atomic E-state index is 5.73. The van der Waals surface area contributed by atoms with E-state index in [4.69, 9.17) is 14.2 Å². The van der Waals surface area contributed by atoms with E-state index in [-0.39, 0.29) is 12.4 Å². The SMILES string of the molecule is CCOC(CNCC1CN(CC)CCO1)OCC. The highest BCUT2D eigenvalue weighted by molar-refractivity contribution is 4.72. The molecular weight excluding hydrogens is 232 g/mol. The number of nitrogens with one attached hydrogen (secondary N) is 1. The molecule has 0 aromatic carbocycles. The molecule has 0 amide bonds. The maximum Gasteiger partial charge on any atom is 0.169 e. The van der Waals surface area contributed by atoms with Gasteiger partial charge < -0.3 is 19.5 Å². The van der Waals surface area contributed by atoms with Crippen molar-refractivity contribution >= 4 is 0 Å². The second-order valence-corrected chi connectivity index (χ2v) is 4.38. The zero-order valence-corrected chi connectivity index (χ0v) is 12.0. The van der Waals surface area contributed by atoms with Gasteiger partial charge in [0, 0.05) is 39.4 Å². The monoisotopic (exact) mass is 260 g/mol. The summed E-state index contributed by atoms with van der Waals surface area (Å²) >= 11 is 0. The van der Waals surface area contributed by atoms with Crippen LogP contribution in [-0.2, 0) is 14.2 Å².